The molecule has 86 valence electrons. The summed E-state index contributed by atoms with van der Waals surface area (Å²) < 4.78 is 5.68. The van der Waals surface area contributed by atoms with Crippen molar-refractivity contribution >= 4 is 0 Å². The van der Waals surface area contributed by atoms with E-state index in [1.54, 1.807) is 0 Å². The Morgan fingerprint density at radius 1 is 1.53 bits per heavy atom. The van der Waals surface area contributed by atoms with E-state index in [1.807, 2.05) is 6.92 Å². The molecule has 0 bridgehead atoms. The van der Waals surface area contributed by atoms with Crippen LogP contribution in [0.4, 0.5) is 0 Å². The summed E-state index contributed by atoms with van der Waals surface area (Å²) in [5.74, 6) is 5.89. The number of nitrogens with zero attached hydrogens (tertiary/aromatic N) is 1. The third-order valence-corrected chi connectivity index (χ3v) is 2.85. The van der Waals surface area contributed by atoms with Gasteiger partial charge in [-0.15, -0.1) is 11.8 Å². The maximum absolute atomic E-state index is 6.04. The van der Waals surface area contributed by atoms with Gasteiger partial charge in [0.15, 0.2) is 0 Å². The van der Waals surface area contributed by atoms with E-state index in [0.717, 1.165) is 26.1 Å². The van der Waals surface area contributed by atoms with Crippen molar-refractivity contribution in [3.8, 4) is 11.8 Å². The minimum absolute atomic E-state index is 0.0407. The summed E-state index contributed by atoms with van der Waals surface area (Å²) >= 11 is 0. The number of nitrogens with two attached hydrogens (primary N) is 1. The SMILES string of the molecule is CC#CCC(N)C1CN(C(C)C)CCO1. The van der Waals surface area contributed by atoms with E-state index in [-0.39, 0.29) is 12.1 Å². The van der Waals surface area contributed by atoms with E-state index in [9.17, 15) is 0 Å². The molecule has 0 aromatic heterocycles. The summed E-state index contributed by atoms with van der Waals surface area (Å²) in [6.45, 7) is 9.00. The lowest BCUT2D eigenvalue weighted by Gasteiger charge is -2.37. The second kappa shape index (κ2) is 6.12. The van der Waals surface area contributed by atoms with Crippen LogP contribution in [0.3, 0.4) is 0 Å². The first kappa shape index (κ1) is 12.5. The van der Waals surface area contributed by atoms with Crippen molar-refractivity contribution in [3.05, 3.63) is 0 Å². The molecule has 0 aromatic rings. The quantitative estimate of drug-likeness (QED) is 0.701. The largest absolute Gasteiger partial charge is 0.374 e. The minimum Gasteiger partial charge on any atom is -0.374 e. The maximum Gasteiger partial charge on any atom is 0.0862 e. The molecule has 1 aliphatic heterocycles. The minimum atomic E-state index is 0.0407. The van der Waals surface area contributed by atoms with Crippen LogP contribution in [0.25, 0.3) is 0 Å². The second-order valence-electron chi connectivity index (χ2n) is 4.29. The van der Waals surface area contributed by atoms with Crippen LogP contribution in [-0.2, 0) is 4.74 Å². The van der Waals surface area contributed by atoms with Gasteiger partial charge in [0, 0.05) is 31.6 Å². The van der Waals surface area contributed by atoms with Gasteiger partial charge in [-0.1, -0.05) is 0 Å². The Morgan fingerprint density at radius 2 is 2.27 bits per heavy atom. The van der Waals surface area contributed by atoms with Crippen LogP contribution in [0.5, 0.6) is 0 Å². The highest BCUT2D eigenvalue weighted by Crippen LogP contribution is 2.12. The van der Waals surface area contributed by atoms with Gasteiger partial charge in [-0.05, 0) is 20.8 Å². The Balaban J connectivity index is 2.43. The highest BCUT2D eigenvalue weighted by molar-refractivity contribution is 4.99. The number of hydrogen-bond donors (Lipinski definition) is 1. The Labute approximate surface area is 93.0 Å². The standard InChI is InChI=1S/C12H22N2O/c1-4-5-6-11(13)12-9-14(10(2)3)7-8-15-12/h10-12H,6-9,13H2,1-3H3. The van der Waals surface area contributed by atoms with Gasteiger partial charge in [-0.2, -0.15) is 0 Å². The van der Waals surface area contributed by atoms with Crippen LogP contribution >= 0.6 is 0 Å². The summed E-state index contributed by atoms with van der Waals surface area (Å²) in [5, 5.41) is 0. The van der Waals surface area contributed by atoms with Gasteiger partial charge in [-0.3, -0.25) is 4.90 Å². The fourth-order valence-corrected chi connectivity index (χ4v) is 1.78. The average molecular weight is 210 g/mol. The molecule has 0 aromatic carbocycles. The highest BCUT2D eigenvalue weighted by Gasteiger charge is 2.26. The van der Waals surface area contributed by atoms with Crippen LogP contribution in [0.1, 0.15) is 27.2 Å². The van der Waals surface area contributed by atoms with E-state index >= 15 is 0 Å². The molecule has 0 aliphatic carbocycles. The van der Waals surface area contributed by atoms with Crippen LogP contribution in [-0.4, -0.2) is 42.8 Å². The first-order valence-corrected chi connectivity index (χ1v) is 5.66. The lowest BCUT2D eigenvalue weighted by molar-refractivity contribution is -0.0489. The Hall–Kier alpha value is -0.560. The molecular formula is C12H22N2O. The molecule has 3 nitrogen and oxygen atoms in total. The monoisotopic (exact) mass is 210 g/mol. The number of hydrogen-bond acceptors (Lipinski definition) is 3. The molecule has 1 heterocycles. The van der Waals surface area contributed by atoms with Gasteiger partial charge in [0.05, 0.1) is 12.7 Å². The van der Waals surface area contributed by atoms with Crippen molar-refractivity contribution in [2.24, 2.45) is 5.73 Å². The zero-order chi connectivity index (χ0) is 11.3. The summed E-state index contributed by atoms with van der Waals surface area (Å²) in [4.78, 5) is 2.41. The smallest absolute Gasteiger partial charge is 0.0862 e. The predicted octanol–water partition coefficient (Wildman–Crippen LogP) is 0.836. The van der Waals surface area contributed by atoms with Crippen LogP contribution in [0.15, 0.2) is 0 Å². The van der Waals surface area contributed by atoms with Crippen LogP contribution in [0, 0.1) is 11.8 Å². The number of ether oxygens (including phenoxy) is 1. The zero-order valence-corrected chi connectivity index (χ0v) is 9.99. The topological polar surface area (TPSA) is 38.5 Å². The normalized spacial score (nSPS) is 24.7. The van der Waals surface area contributed by atoms with Crippen molar-refractivity contribution in [3.63, 3.8) is 0 Å². The molecule has 0 spiro atoms. The predicted molar refractivity (Wildman–Crippen MR) is 62.5 cm³/mol. The Kier molecular flexibility index (Phi) is 5.10. The molecule has 1 fully saturated rings. The Bertz CT molecular complexity index is 242. The zero-order valence-electron chi connectivity index (χ0n) is 9.99. The van der Waals surface area contributed by atoms with E-state index in [4.69, 9.17) is 10.5 Å². The second-order valence-corrected chi connectivity index (χ2v) is 4.29. The molecule has 1 rings (SSSR count). The number of morpholine rings is 1. The molecule has 1 aliphatic rings. The van der Waals surface area contributed by atoms with Crippen molar-refractivity contribution in [2.45, 2.75) is 45.4 Å². The summed E-state index contributed by atoms with van der Waals surface area (Å²) in [6.07, 6.45) is 0.870. The summed E-state index contributed by atoms with van der Waals surface area (Å²) in [5.41, 5.74) is 6.04. The van der Waals surface area contributed by atoms with E-state index in [0.29, 0.717) is 6.04 Å². The molecule has 0 amide bonds. The van der Waals surface area contributed by atoms with E-state index in [1.165, 1.54) is 0 Å². The lowest BCUT2D eigenvalue weighted by Crippen LogP contribution is -2.52. The number of rotatable bonds is 3. The molecule has 2 atom stereocenters. The fourth-order valence-electron chi connectivity index (χ4n) is 1.78. The summed E-state index contributed by atoms with van der Waals surface area (Å²) in [6, 6.07) is 0.611. The molecule has 15 heavy (non-hydrogen) atoms. The van der Waals surface area contributed by atoms with Crippen LogP contribution in [0.2, 0.25) is 0 Å². The molecule has 1 saturated heterocycles. The van der Waals surface area contributed by atoms with E-state index < -0.39 is 0 Å². The van der Waals surface area contributed by atoms with Gasteiger partial charge >= 0.3 is 0 Å². The molecular weight excluding hydrogens is 188 g/mol. The van der Waals surface area contributed by atoms with Gasteiger partial charge < -0.3 is 10.5 Å². The average Bonchev–Trinajstić information content (AvgIpc) is 2.26. The van der Waals surface area contributed by atoms with Gasteiger partial charge in [0.2, 0.25) is 0 Å². The molecule has 2 unspecified atom stereocenters. The first-order valence-electron chi connectivity index (χ1n) is 5.66. The molecule has 0 radical (unpaired) electrons. The third-order valence-electron chi connectivity index (χ3n) is 2.85. The highest BCUT2D eigenvalue weighted by atomic mass is 16.5. The van der Waals surface area contributed by atoms with E-state index in [2.05, 4.69) is 30.6 Å². The lowest BCUT2D eigenvalue weighted by atomic mass is 10.1. The third kappa shape index (κ3) is 3.83. The van der Waals surface area contributed by atoms with Gasteiger partial charge in [0.25, 0.3) is 0 Å². The van der Waals surface area contributed by atoms with Crippen molar-refractivity contribution < 1.29 is 4.74 Å². The van der Waals surface area contributed by atoms with Crippen molar-refractivity contribution in [1.29, 1.82) is 0 Å². The summed E-state index contributed by atoms with van der Waals surface area (Å²) in [7, 11) is 0. The van der Waals surface area contributed by atoms with Gasteiger partial charge in [-0.25, -0.2) is 0 Å². The fraction of sp³-hybridized carbons (Fsp3) is 0.833. The molecule has 3 heteroatoms. The maximum atomic E-state index is 6.04. The van der Waals surface area contributed by atoms with Crippen molar-refractivity contribution in [2.75, 3.05) is 19.7 Å². The van der Waals surface area contributed by atoms with Crippen molar-refractivity contribution in [1.82, 2.24) is 4.90 Å². The Morgan fingerprint density at radius 3 is 2.87 bits per heavy atom. The first-order chi connectivity index (χ1) is 7.15. The molecule has 0 saturated carbocycles. The van der Waals surface area contributed by atoms with Crippen LogP contribution < -0.4 is 5.73 Å². The molecule has 2 N–H and O–H groups in total. The van der Waals surface area contributed by atoms with Gasteiger partial charge in [0.1, 0.15) is 0 Å².